The summed E-state index contributed by atoms with van der Waals surface area (Å²) in [5, 5.41) is 11.5. The molecule has 44 heavy (non-hydrogen) atoms. The first-order valence-electron chi connectivity index (χ1n) is 11.7. The molecule has 0 heterocycles. The number of amides is 1. The third-order valence-corrected chi connectivity index (χ3v) is 5.55. The summed E-state index contributed by atoms with van der Waals surface area (Å²) in [6.45, 7) is 0. The van der Waals surface area contributed by atoms with Crippen LogP contribution < -0.4 is 5.32 Å². The van der Waals surface area contributed by atoms with Crippen molar-refractivity contribution in [2.45, 2.75) is 30.7 Å². The van der Waals surface area contributed by atoms with E-state index in [0.29, 0.717) is 24.3 Å². The second-order valence-electron chi connectivity index (χ2n) is 8.71. The number of rotatable bonds is 8. The average Bonchev–Trinajstić information content (AvgIpc) is 2.93. The van der Waals surface area contributed by atoms with Crippen molar-refractivity contribution in [1.29, 1.82) is 0 Å². The minimum Gasteiger partial charge on any atom is -0.478 e. The molecule has 0 spiro atoms. The molecular formula is C27H16F9NO7. The predicted octanol–water partition coefficient (Wildman–Crippen LogP) is 6.22. The molecule has 8 nitrogen and oxygen atoms in total. The molecule has 3 aromatic carbocycles. The molecule has 0 unspecified atom stereocenters. The molecule has 1 amide bonds. The van der Waals surface area contributed by atoms with Gasteiger partial charge in [-0.25, -0.2) is 14.4 Å². The molecule has 234 valence electrons. The lowest BCUT2D eigenvalue weighted by Gasteiger charge is -2.24. The SMILES string of the molecule is O=C(O[C@H](C(=O)Nc1cccc(C(F)(F)F)c1)[C@@H](OC(=O)c1cccc(C(F)(F)F)c1)C(=O)O)c1cccc(C(F)(F)F)c1. The van der Waals surface area contributed by atoms with Crippen molar-refractivity contribution in [3.63, 3.8) is 0 Å². The highest BCUT2D eigenvalue weighted by Gasteiger charge is 2.42. The number of benzene rings is 3. The summed E-state index contributed by atoms with van der Waals surface area (Å²) >= 11 is 0. The molecule has 0 aliphatic rings. The largest absolute Gasteiger partial charge is 0.478 e. The number of esters is 2. The number of hydrogen-bond donors (Lipinski definition) is 2. The summed E-state index contributed by atoms with van der Waals surface area (Å²) in [5.41, 5.74) is -6.36. The van der Waals surface area contributed by atoms with Crippen molar-refractivity contribution in [3.8, 4) is 0 Å². The molecule has 0 saturated heterocycles. The lowest BCUT2D eigenvalue weighted by molar-refractivity contribution is -0.157. The lowest BCUT2D eigenvalue weighted by atomic mass is 10.1. The molecule has 0 saturated carbocycles. The van der Waals surface area contributed by atoms with Gasteiger partial charge in [0.15, 0.2) is 0 Å². The van der Waals surface area contributed by atoms with Crippen molar-refractivity contribution in [2.24, 2.45) is 0 Å². The first kappa shape index (κ1) is 33.4. The van der Waals surface area contributed by atoms with Crippen LogP contribution >= 0.6 is 0 Å². The number of halogens is 9. The third-order valence-electron chi connectivity index (χ3n) is 5.55. The maximum absolute atomic E-state index is 13.1. The number of alkyl halides is 9. The van der Waals surface area contributed by atoms with E-state index in [4.69, 9.17) is 4.74 Å². The van der Waals surface area contributed by atoms with Gasteiger partial charge in [-0.05, 0) is 54.6 Å². The number of carboxylic acids is 1. The number of carboxylic acid groups (broad SMARTS) is 1. The molecule has 0 aromatic heterocycles. The summed E-state index contributed by atoms with van der Waals surface area (Å²) in [6, 6.07) is 7.51. The zero-order valence-corrected chi connectivity index (χ0v) is 21.4. The number of nitrogens with one attached hydrogen (secondary N) is 1. The number of ether oxygens (including phenoxy) is 2. The van der Waals surface area contributed by atoms with Gasteiger partial charge in [-0.3, -0.25) is 4.79 Å². The summed E-state index contributed by atoms with van der Waals surface area (Å²) in [5.74, 6) is -7.49. The molecule has 0 aliphatic carbocycles. The van der Waals surface area contributed by atoms with Gasteiger partial charge in [0.1, 0.15) is 0 Å². The lowest BCUT2D eigenvalue weighted by Crippen LogP contribution is -2.48. The van der Waals surface area contributed by atoms with Crippen LogP contribution in [0.15, 0.2) is 72.8 Å². The van der Waals surface area contributed by atoms with Gasteiger partial charge >= 0.3 is 36.4 Å². The molecule has 17 heteroatoms. The number of carbonyl (C=O) groups excluding carboxylic acids is 3. The van der Waals surface area contributed by atoms with E-state index < -0.39 is 88.1 Å². The summed E-state index contributed by atoms with van der Waals surface area (Å²) in [6.07, 6.45) is -20.5. The van der Waals surface area contributed by atoms with Gasteiger partial charge in [0.05, 0.1) is 27.8 Å². The zero-order chi connectivity index (χ0) is 33.0. The Balaban J connectivity index is 2.00. The monoisotopic (exact) mass is 637 g/mol. The molecule has 2 N–H and O–H groups in total. The van der Waals surface area contributed by atoms with Crippen molar-refractivity contribution >= 4 is 29.5 Å². The second kappa shape index (κ2) is 12.6. The van der Waals surface area contributed by atoms with Crippen LogP contribution in [0.25, 0.3) is 0 Å². The van der Waals surface area contributed by atoms with Crippen LogP contribution in [0.2, 0.25) is 0 Å². The zero-order valence-electron chi connectivity index (χ0n) is 21.4. The van der Waals surface area contributed by atoms with Gasteiger partial charge in [0.25, 0.3) is 5.91 Å². The Morgan fingerprint density at radius 3 is 1.39 bits per heavy atom. The molecule has 0 bridgehead atoms. The first-order chi connectivity index (χ1) is 20.3. The fourth-order valence-corrected chi connectivity index (χ4v) is 3.49. The van der Waals surface area contributed by atoms with E-state index in [-0.39, 0.29) is 12.1 Å². The molecule has 3 aromatic rings. The highest BCUT2D eigenvalue weighted by molar-refractivity contribution is 6.01. The highest BCUT2D eigenvalue weighted by Crippen LogP contribution is 2.32. The third kappa shape index (κ3) is 8.48. The number of hydrogen-bond acceptors (Lipinski definition) is 6. The Morgan fingerprint density at radius 1 is 0.591 bits per heavy atom. The molecule has 2 atom stereocenters. The van der Waals surface area contributed by atoms with Crippen LogP contribution in [0, 0.1) is 0 Å². The molecule has 0 radical (unpaired) electrons. The van der Waals surface area contributed by atoms with Crippen LogP contribution in [0.3, 0.4) is 0 Å². The fraction of sp³-hybridized carbons (Fsp3) is 0.185. The Bertz CT molecular complexity index is 1570. The smallest absolute Gasteiger partial charge is 0.416 e. The van der Waals surface area contributed by atoms with Crippen molar-refractivity contribution in [3.05, 3.63) is 101 Å². The molecule has 0 fully saturated rings. The van der Waals surface area contributed by atoms with Crippen molar-refractivity contribution in [2.75, 3.05) is 5.32 Å². The van der Waals surface area contributed by atoms with Crippen LogP contribution in [0.5, 0.6) is 0 Å². The predicted molar refractivity (Wildman–Crippen MR) is 129 cm³/mol. The minimum atomic E-state index is -4.96. The average molecular weight is 637 g/mol. The minimum absolute atomic E-state index is 0.271. The summed E-state index contributed by atoms with van der Waals surface area (Å²) in [4.78, 5) is 50.5. The van der Waals surface area contributed by atoms with Gasteiger partial charge in [-0.15, -0.1) is 0 Å². The Morgan fingerprint density at radius 2 is 0.977 bits per heavy atom. The Hall–Kier alpha value is -5.09. The van der Waals surface area contributed by atoms with Gasteiger partial charge in [0.2, 0.25) is 12.2 Å². The first-order valence-corrected chi connectivity index (χ1v) is 11.7. The van der Waals surface area contributed by atoms with Crippen LogP contribution in [-0.4, -0.2) is 41.1 Å². The van der Waals surface area contributed by atoms with Crippen molar-refractivity contribution in [1.82, 2.24) is 0 Å². The molecular weight excluding hydrogens is 621 g/mol. The van der Waals surface area contributed by atoms with Gasteiger partial charge < -0.3 is 19.9 Å². The summed E-state index contributed by atoms with van der Waals surface area (Å²) < 4.78 is 127. The fourth-order valence-electron chi connectivity index (χ4n) is 3.49. The van der Waals surface area contributed by atoms with E-state index in [1.807, 2.05) is 5.32 Å². The van der Waals surface area contributed by atoms with Crippen LogP contribution in [0.4, 0.5) is 45.2 Å². The van der Waals surface area contributed by atoms with E-state index in [1.54, 1.807) is 0 Å². The van der Waals surface area contributed by atoms with Crippen molar-refractivity contribution < 1.29 is 73.3 Å². The van der Waals surface area contributed by atoms with Gasteiger partial charge in [-0.1, -0.05) is 18.2 Å². The molecule has 3 rings (SSSR count). The van der Waals surface area contributed by atoms with E-state index in [9.17, 15) is 63.8 Å². The van der Waals surface area contributed by atoms with Crippen LogP contribution in [-0.2, 0) is 37.6 Å². The maximum atomic E-state index is 13.1. The Kier molecular flexibility index (Phi) is 9.60. The van der Waals surface area contributed by atoms with Gasteiger partial charge in [-0.2, -0.15) is 39.5 Å². The number of aliphatic carboxylic acids is 1. The van der Waals surface area contributed by atoms with E-state index in [1.165, 1.54) is 0 Å². The van der Waals surface area contributed by atoms with Crippen LogP contribution in [0.1, 0.15) is 37.4 Å². The second-order valence-corrected chi connectivity index (χ2v) is 8.71. The van der Waals surface area contributed by atoms with E-state index in [0.717, 1.165) is 36.4 Å². The molecule has 0 aliphatic heterocycles. The quantitative estimate of drug-likeness (QED) is 0.223. The topological polar surface area (TPSA) is 119 Å². The Labute approximate surface area is 240 Å². The van der Waals surface area contributed by atoms with Gasteiger partial charge in [0, 0.05) is 5.69 Å². The van der Waals surface area contributed by atoms with E-state index in [2.05, 4.69) is 4.74 Å². The maximum Gasteiger partial charge on any atom is 0.416 e. The standard InChI is InChI=1S/C27H16F9NO7/c28-25(29,30)15-6-1-4-13(10-15)23(41)43-19(21(38)37-18-9-3-8-17(12-18)27(34,35)36)20(22(39)40)44-24(42)14-5-2-7-16(11-14)26(31,32)33/h1-12,19-20H,(H,37,38)(H,39,40)/t19-,20+/m0/s1. The summed E-state index contributed by atoms with van der Waals surface area (Å²) in [7, 11) is 0. The van der Waals surface area contributed by atoms with E-state index >= 15 is 0 Å². The number of carbonyl (C=O) groups is 4. The number of anilines is 1. The highest BCUT2D eigenvalue weighted by atomic mass is 19.4. The normalized spacial score (nSPS) is 13.4.